The Morgan fingerprint density at radius 3 is 2.95 bits per heavy atom. The molecule has 1 amide bonds. The molecule has 0 radical (unpaired) electrons. The number of nitrogens with zero attached hydrogens (tertiary/aromatic N) is 4. The summed E-state index contributed by atoms with van der Waals surface area (Å²) in [6.45, 7) is 2.32. The van der Waals surface area contributed by atoms with E-state index >= 15 is 0 Å². The molecule has 106 valence electrons. The minimum atomic E-state index is -0.491. The molecule has 0 saturated carbocycles. The predicted molar refractivity (Wildman–Crippen MR) is 69.4 cm³/mol. The molecular weight excluding hydrogens is 264 g/mol. The Hall–Kier alpha value is -2.55. The molecule has 0 fully saturated rings. The zero-order chi connectivity index (χ0) is 14.5. The number of carbonyl (C=O) groups is 1. The number of rotatable bonds is 5. The molecule has 0 unspecified atom stereocenters. The van der Waals surface area contributed by atoms with Crippen molar-refractivity contribution in [3.8, 4) is 0 Å². The van der Waals surface area contributed by atoms with Crippen molar-refractivity contribution < 1.29 is 9.53 Å². The van der Waals surface area contributed by atoms with E-state index in [1.807, 2.05) is 0 Å². The standard InChI is InChI=1S/C11H14N6O3/c1-7-12-11(15-14-7)13-10(19)8-3-4-9(18)17(16-8)5-6-20-2/h3-4H,5-6H2,1-2H3,(H2,12,13,14,15,19). The Morgan fingerprint density at radius 1 is 1.50 bits per heavy atom. The minimum absolute atomic E-state index is 0.100. The highest BCUT2D eigenvalue weighted by atomic mass is 16.5. The average Bonchev–Trinajstić information content (AvgIpc) is 2.83. The molecule has 0 bridgehead atoms. The number of aryl methyl sites for hydroxylation is 1. The molecule has 0 spiro atoms. The molecule has 2 aromatic heterocycles. The Morgan fingerprint density at radius 2 is 2.30 bits per heavy atom. The van der Waals surface area contributed by atoms with Gasteiger partial charge in [0.25, 0.3) is 11.5 Å². The molecule has 0 atom stereocenters. The van der Waals surface area contributed by atoms with Gasteiger partial charge in [-0.1, -0.05) is 0 Å². The van der Waals surface area contributed by atoms with Crippen LogP contribution >= 0.6 is 0 Å². The maximum atomic E-state index is 11.9. The first kappa shape index (κ1) is 13.9. The topological polar surface area (TPSA) is 115 Å². The van der Waals surface area contributed by atoms with Gasteiger partial charge in [0.1, 0.15) is 11.5 Å². The van der Waals surface area contributed by atoms with Crippen LogP contribution in [0, 0.1) is 6.92 Å². The fourth-order valence-corrected chi connectivity index (χ4v) is 1.47. The zero-order valence-electron chi connectivity index (χ0n) is 11.1. The van der Waals surface area contributed by atoms with Crippen molar-refractivity contribution >= 4 is 11.9 Å². The lowest BCUT2D eigenvalue weighted by Crippen LogP contribution is -2.27. The molecule has 2 aromatic rings. The van der Waals surface area contributed by atoms with E-state index in [0.29, 0.717) is 12.4 Å². The first-order valence-electron chi connectivity index (χ1n) is 5.87. The molecule has 2 heterocycles. The molecule has 0 aromatic carbocycles. The summed E-state index contributed by atoms with van der Waals surface area (Å²) in [4.78, 5) is 27.4. The largest absolute Gasteiger partial charge is 0.383 e. The normalized spacial score (nSPS) is 10.5. The van der Waals surface area contributed by atoms with Crippen molar-refractivity contribution in [1.82, 2.24) is 25.0 Å². The summed E-state index contributed by atoms with van der Waals surface area (Å²) in [5, 5.41) is 12.8. The summed E-state index contributed by atoms with van der Waals surface area (Å²) in [5.74, 6) is 0.248. The third kappa shape index (κ3) is 3.26. The maximum Gasteiger partial charge on any atom is 0.278 e. The van der Waals surface area contributed by atoms with Crippen LogP contribution in [0.15, 0.2) is 16.9 Å². The van der Waals surface area contributed by atoms with Crippen LogP contribution in [-0.2, 0) is 11.3 Å². The second-order valence-corrected chi connectivity index (χ2v) is 3.97. The van der Waals surface area contributed by atoms with Crippen LogP contribution in [0.2, 0.25) is 0 Å². The van der Waals surface area contributed by atoms with Gasteiger partial charge < -0.3 is 4.74 Å². The van der Waals surface area contributed by atoms with E-state index in [4.69, 9.17) is 4.74 Å². The van der Waals surface area contributed by atoms with Crippen LogP contribution in [0.3, 0.4) is 0 Å². The molecule has 2 rings (SSSR count). The Bertz CT molecular complexity index is 662. The summed E-state index contributed by atoms with van der Waals surface area (Å²) in [5.41, 5.74) is -0.199. The van der Waals surface area contributed by atoms with E-state index in [0.717, 1.165) is 0 Å². The van der Waals surface area contributed by atoms with Crippen LogP contribution in [0.25, 0.3) is 0 Å². The molecule has 0 saturated heterocycles. The summed E-state index contributed by atoms with van der Waals surface area (Å²) < 4.78 is 6.04. The van der Waals surface area contributed by atoms with Crippen LogP contribution in [0.4, 0.5) is 5.95 Å². The fourth-order valence-electron chi connectivity index (χ4n) is 1.47. The Kier molecular flexibility index (Phi) is 4.20. The van der Waals surface area contributed by atoms with Gasteiger partial charge >= 0.3 is 0 Å². The van der Waals surface area contributed by atoms with Gasteiger partial charge in [0.2, 0.25) is 5.95 Å². The lowest BCUT2D eigenvalue weighted by molar-refractivity contribution is 0.101. The maximum absolute atomic E-state index is 11.9. The number of carbonyl (C=O) groups excluding carboxylic acids is 1. The summed E-state index contributed by atoms with van der Waals surface area (Å²) in [6.07, 6.45) is 0. The SMILES string of the molecule is COCCn1nc(C(=O)Nc2n[nH]c(C)n2)ccc1=O. The molecule has 9 heteroatoms. The summed E-state index contributed by atoms with van der Waals surface area (Å²) in [7, 11) is 1.52. The molecule has 9 nitrogen and oxygen atoms in total. The fraction of sp³-hybridized carbons (Fsp3) is 0.364. The van der Waals surface area contributed by atoms with Gasteiger partial charge in [-0.15, -0.1) is 5.10 Å². The van der Waals surface area contributed by atoms with Crippen molar-refractivity contribution in [3.63, 3.8) is 0 Å². The first-order chi connectivity index (χ1) is 9.60. The van der Waals surface area contributed by atoms with Gasteiger partial charge in [-0.05, 0) is 13.0 Å². The van der Waals surface area contributed by atoms with E-state index in [-0.39, 0.29) is 23.7 Å². The number of amides is 1. The van der Waals surface area contributed by atoms with Gasteiger partial charge in [0.05, 0.1) is 13.2 Å². The zero-order valence-corrected chi connectivity index (χ0v) is 11.1. The smallest absolute Gasteiger partial charge is 0.278 e. The number of H-pyrrole nitrogens is 1. The van der Waals surface area contributed by atoms with Crippen molar-refractivity contribution in [1.29, 1.82) is 0 Å². The van der Waals surface area contributed by atoms with Crippen molar-refractivity contribution in [2.24, 2.45) is 0 Å². The van der Waals surface area contributed by atoms with Gasteiger partial charge in [0.15, 0.2) is 0 Å². The average molecular weight is 278 g/mol. The highest BCUT2D eigenvalue weighted by molar-refractivity contribution is 6.01. The molecule has 0 aliphatic heterocycles. The highest BCUT2D eigenvalue weighted by Gasteiger charge is 2.12. The second kappa shape index (κ2) is 6.06. The highest BCUT2D eigenvalue weighted by Crippen LogP contribution is 2.00. The number of nitrogens with one attached hydrogen (secondary N) is 2. The number of hydrogen-bond donors (Lipinski definition) is 2. The lowest BCUT2D eigenvalue weighted by atomic mass is 10.3. The first-order valence-corrected chi connectivity index (χ1v) is 5.87. The lowest BCUT2D eigenvalue weighted by Gasteiger charge is -2.05. The Balaban J connectivity index is 2.15. The van der Waals surface area contributed by atoms with Gasteiger partial charge in [-0.25, -0.2) is 4.68 Å². The monoisotopic (exact) mass is 278 g/mol. The molecule has 0 aliphatic rings. The number of aromatic nitrogens is 5. The molecular formula is C11H14N6O3. The minimum Gasteiger partial charge on any atom is -0.383 e. The van der Waals surface area contributed by atoms with E-state index in [1.54, 1.807) is 6.92 Å². The number of hydrogen-bond acceptors (Lipinski definition) is 6. The third-order valence-corrected chi connectivity index (χ3v) is 2.43. The molecule has 0 aliphatic carbocycles. The van der Waals surface area contributed by atoms with Crippen molar-refractivity contribution in [2.45, 2.75) is 13.5 Å². The predicted octanol–water partition coefficient (Wildman–Crippen LogP) is -0.431. The van der Waals surface area contributed by atoms with Crippen LogP contribution < -0.4 is 10.9 Å². The van der Waals surface area contributed by atoms with Gasteiger partial charge in [-0.2, -0.15) is 10.1 Å². The number of methoxy groups -OCH3 is 1. The van der Waals surface area contributed by atoms with E-state index in [1.165, 1.54) is 23.9 Å². The second-order valence-electron chi connectivity index (χ2n) is 3.97. The number of aromatic amines is 1. The third-order valence-electron chi connectivity index (χ3n) is 2.43. The summed E-state index contributed by atoms with van der Waals surface area (Å²) in [6, 6.07) is 2.63. The quantitative estimate of drug-likeness (QED) is 0.766. The molecule has 2 N–H and O–H groups in total. The Labute approximate surface area is 114 Å². The number of anilines is 1. The van der Waals surface area contributed by atoms with E-state index in [9.17, 15) is 9.59 Å². The number of ether oxygens (including phenoxy) is 1. The van der Waals surface area contributed by atoms with Gasteiger partial charge in [0, 0.05) is 13.2 Å². The summed E-state index contributed by atoms with van der Waals surface area (Å²) >= 11 is 0. The van der Waals surface area contributed by atoms with Crippen molar-refractivity contribution in [2.75, 3.05) is 19.0 Å². The van der Waals surface area contributed by atoms with Crippen LogP contribution in [-0.4, -0.2) is 44.6 Å². The van der Waals surface area contributed by atoms with Gasteiger partial charge in [-0.3, -0.25) is 20.0 Å². The van der Waals surface area contributed by atoms with Crippen LogP contribution in [0.5, 0.6) is 0 Å². The van der Waals surface area contributed by atoms with E-state index in [2.05, 4.69) is 25.6 Å². The van der Waals surface area contributed by atoms with Crippen molar-refractivity contribution in [3.05, 3.63) is 34.0 Å². The van der Waals surface area contributed by atoms with Crippen LogP contribution in [0.1, 0.15) is 16.3 Å². The van der Waals surface area contributed by atoms with E-state index < -0.39 is 5.91 Å². The molecule has 20 heavy (non-hydrogen) atoms.